The van der Waals surface area contributed by atoms with Crippen molar-refractivity contribution in [3.63, 3.8) is 0 Å². The Morgan fingerprint density at radius 2 is 1.96 bits per heavy atom. The Kier molecular flexibility index (Phi) is 4.19. The first-order chi connectivity index (χ1) is 13.2. The summed E-state index contributed by atoms with van der Waals surface area (Å²) in [5.41, 5.74) is 2.88. The van der Waals surface area contributed by atoms with Crippen molar-refractivity contribution in [1.29, 1.82) is 0 Å². The Morgan fingerprint density at radius 1 is 1.18 bits per heavy atom. The van der Waals surface area contributed by atoms with Crippen LogP contribution in [-0.2, 0) is 21.2 Å². The topological polar surface area (TPSA) is 95.2 Å². The highest BCUT2D eigenvalue weighted by molar-refractivity contribution is 7.92. The van der Waals surface area contributed by atoms with Gasteiger partial charge in [-0.1, -0.05) is 11.6 Å². The smallest absolute Gasteiger partial charge is 0.263 e. The van der Waals surface area contributed by atoms with Crippen molar-refractivity contribution < 1.29 is 17.6 Å². The number of aromatic nitrogens is 2. The van der Waals surface area contributed by atoms with Crippen LogP contribution < -0.4 is 9.62 Å². The SMILES string of the molecule is Cc1ccc(F)c(-c2cc(NS(=O)(=O)c3ccc4c(c3)CC(=O)N4C)n[nH]2)c1. The number of likely N-dealkylation sites (N-methyl/N-ethyl adjacent to an activating group) is 1. The zero-order valence-electron chi connectivity index (χ0n) is 15.2. The molecule has 1 aliphatic heterocycles. The molecule has 0 atom stereocenters. The van der Waals surface area contributed by atoms with E-state index in [1.807, 2.05) is 6.92 Å². The molecule has 1 aliphatic rings. The van der Waals surface area contributed by atoms with E-state index in [1.165, 1.54) is 29.2 Å². The molecule has 0 fully saturated rings. The highest BCUT2D eigenvalue weighted by Crippen LogP contribution is 2.30. The van der Waals surface area contributed by atoms with Crippen LogP contribution in [0.15, 0.2) is 47.4 Å². The summed E-state index contributed by atoms with van der Waals surface area (Å²) >= 11 is 0. The lowest BCUT2D eigenvalue weighted by Gasteiger charge is -2.11. The van der Waals surface area contributed by atoms with Crippen molar-refractivity contribution in [2.45, 2.75) is 18.2 Å². The zero-order valence-corrected chi connectivity index (χ0v) is 16.0. The molecule has 7 nitrogen and oxygen atoms in total. The number of amides is 1. The maximum absolute atomic E-state index is 14.0. The van der Waals surface area contributed by atoms with Crippen molar-refractivity contribution in [2.75, 3.05) is 16.7 Å². The highest BCUT2D eigenvalue weighted by atomic mass is 32.2. The van der Waals surface area contributed by atoms with E-state index in [9.17, 15) is 17.6 Å². The molecule has 0 saturated carbocycles. The summed E-state index contributed by atoms with van der Waals surface area (Å²) in [5, 5.41) is 6.58. The maximum atomic E-state index is 14.0. The quantitative estimate of drug-likeness (QED) is 0.704. The van der Waals surface area contributed by atoms with Crippen LogP contribution in [0.25, 0.3) is 11.3 Å². The van der Waals surface area contributed by atoms with Gasteiger partial charge in [0.2, 0.25) is 5.91 Å². The van der Waals surface area contributed by atoms with E-state index in [2.05, 4.69) is 14.9 Å². The summed E-state index contributed by atoms with van der Waals surface area (Å²) < 4.78 is 41.8. The minimum atomic E-state index is -3.91. The molecule has 2 aromatic carbocycles. The monoisotopic (exact) mass is 400 g/mol. The fraction of sp³-hybridized carbons (Fsp3) is 0.158. The van der Waals surface area contributed by atoms with Crippen LogP contribution in [0.4, 0.5) is 15.9 Å². The van der Waals surface area contributed by atoms with E-state index >= 15 is 0 Å². The fourth-order valence-electron chi connectivity index (χ4n) is 3.17. The molecule has 0 bridgehead atoms. The lowest BCUT2D eigenvalue weighted by Crippen LogP contribution is -2.20. The number of hydrogen-bond acceptors (Lipinski definition) is 4. The molecular formula is C19H17FN4O3S. The van der Waals surface area contributed by atoms with Gasteiger partial charge in [-0.15, -0.1) is 0 Å². The van der Waals surface area contributed by atoms with Crippen LogP contribution in [0.3, 0.4) is 0 Å². The maximum Gasteiger partial charge on any atom is 0.263 e. The van der Waals surface area contributed by atoms with Crippen LogP contribution in [0, 0.1) is 12.7 Å². The molecule has 2 N–H and O–H groups in total. The number of nitrogens with one attached hydrogen (secondary N) is 2. The number of anilines is 2. The van der Waals surface area contributed by atoms with Crippen molar-refractivity contribution in [1.82, 2.24) is 10.2 Å². The number of nitrogens with zero attached hydrogens (tertiary/aromatic N) is 2. The average Bonchev–Trinajstić information content (AvgIpc) is 3.21. The number of hydrogen-bond donors (Lipinski definition) is 2. The number of carbonyl (C=O) groups excluding carboxylic acids is 1. The van der Waals surface area contributed by atoms with Gasteiger partial charge in [0.25, 0.3) is 10.0 Å². The van der Waals surface area contributed by atoms with Gasteiger partial charge in [0, 0.05) is 24.4 Å². The number of fused-ring (bicyclic) bond motifs is 1. The molecule has 3 aromatic rings. The number of halogens is 1. The van der Waals surface area contributed by atoms with E-state index < -0.39 is 15.8 Å². The van der Waals surface area contributed by atoms with E-state index in [1.54, 1.807) is 25.2 Å². The van der Waals surface area contributed by atoms with Gasteiger partial charge in [-0.05, 0) is 42.8 Å². The Hall–Kier alpha value is -3.20. The molecule has 2 heterocycles. The molecule has 0 spiro atoms. The second kappa shape index (κ2) is 6.45. The summed E-state index contributed by atoms with van der Waals surface area (Å²) in [6, 6.07) is 10.6. The Morgan fingerprint density at radius 3 is 2.75 bits per heavy atom. The van der Waals surface area contributed by atoms with Gasteiger partial charge in [0.15, 0.2) is 5.82 Å². The summed E-state index contributed by atoms with van der Waals surface area (Å²) in [6.07, 6.45) is 0.161. The average molecular weight is 400 g/mol. The van der Waals surface area contributed by atoms with Crippen molar-refractivity contribution in [3.05, 3.63) is 59.4 Å². The van der Waals surface area contributed by atoms with Crippen molar-refractivity contribution >= 4 is 27.4 Å². The van der Waals surface area contributed by atoms with Crippen LogP contribution >= 0.6 is 0 Å². The van der Waals surface area contributed by atoms with Crippen LogP contribution in [0.1, 0.15) is 11.1 Å². The summed E-state index contributed by atoms with van der Waals surface area (Å²) in [5.74, 6) is -0.477. The predicted molar refractivity (Wildman–Crippen MR) is 103 cm³/mol. The third kappa shape index (κ3) is 3.13. The molecule has 0 radical (unpaired) electrons. The lowest BCUT2D eigenvalue weighted by atomic mass is 10.1. The lowest BCUT2D eigenvalue weighted by molar-refractivity contribution is -0.117. The first-order valence-corrected chi connectivity index (χ1v) is 9.97. The number of sulfonamides is 1. The first-order valence-electron chi connectivity index (χ1n) is 8.49. The zero-order chi connectivity index (χ0) is 20.1. The normalized spacial score (nSPS) is 13.7. The highest BCUT2D eigenvalue weighted by Gasteiger charge is 2.26. The summed E-state index contributed by atoms with van der Waals surface area (Å²) in [4.78, 5) is 13.3. The molecule has 28 heavy (non-hydrogen) atoms. The number of benzene rings is 2. The minimum absolute atomic E-state index is 0.0284. The molecule has 0 saturated heterocycles. The molecule has 0 aliphatic carbocycles. The van der Waals surface area contributed by atoms with Crippen LogP contribution in [-0.4, -0.2) is 31.6 Å². The Balaban J connectivity index is 1.61. The fourth-order valence-corrected chi connectivity index (χ4v) is 4.21. The number of carbonyl (C=O) groups is 1. The second-order valence-corrected chi connectivity index (χ2v) is 8.36. The Labute approximate surface area is 161 Å². The summed E-state index contributed by atoms with van der Waals surface area (Å²) in [7, 11) is -2.26. The van der Waals surface area contributed by atoms with Crippen LogP contribution in [0.5, 0.6) is 0 Å². The third-order valence-electron chi connectivity index (χ3n) is 4.67. The Bertz CT molecular complexity index is 1200. The van der Waals surface area contributed by atoms with E-state index in [0.717, 1.165) is 5.56 Å². The van der Waals surface area contributed by atoms with Gasteiger partial charge in [-0.25, -0.2) is 12.8 Å². The molecule has 9 heteroatoms. The van der Waals surface area contributed by atoms with E-state index in [4.69, 9.17) is 0 Å². The third-order valence-corrected chi connectivity index (χ3v) is 6.02. The largest absolute Gasteiger partial charge is 0.315 e. The number of aryl methyl sites for hydroxylation is 1. The molecular weight excluding hydrogens is 383 g/mol. The molecule has 0 unspecified atom stereocenters. The van der Waals surface area contributed by atoms with Gasteiger partial charge in [-0.3, -0.25) is 14.6 Å². The number of rotatable bonds is 4. The molecule has 144 valence electrons. The van der Waals surface area contributed by atoms with Crippen molar-refractivity contribution in [3.8, 4) is 11.3 Å². The van der Waals surface area contributed by atoms with Gasteiger partial charge in [-0.2, -0.15) is 5.10 Å². The van der Waals surface area contributed by atoms with Crippen LogP contribution in [0.2, 0.25) is 0 Å². The first kappa shape index (κ1) is 18.2. The molecule has 1 aromatic heterocycles. The van der Waals surface area contributed by atoms with Gasteiger partial charge < -0.3 is 4.90 Å². The standard InChI is InChI=1S/C19H17FN4O3S/c1-11-3-5-15(20)14(7-11)16-10-18(22-21-16)23-28(26,27)13-4-6-17-12(8-13)9-19(25)24(17)2/h3-8,10H,9H2,1-2H3,(H2,21,22,23). The van der Waals surface area contributed by atoms with Gasteiger partial charge in [0.05, 0.1) is 17.0 Å². The second-order valence-electron chi connectivity index (χ2n) is 6.68. The van der Waals surface area contributed by atoms with Gasteiger partial charge in [0.1, 0.15) is 5.82 Å². The minimum Gasteiger partial charge on any atom is -0.315 e. The number of aromatic amines is 1. The predicted octanol–water partition coefficient (Wildman–Crippen LogP) is 2.84. The van der Waals surface area contributed by atoms with Crippen molar-refractivity contribution in [2.24, 2.45) is 0 Å². The van der Waals surface area contributed by atoms with Gasteiger partial charge >= 0.3 is 0 Å². The van der Waals surface area contributed by atoms with E-state index in [0.29, 0.717) is 22.5 Å². The summed E-state index contributed by atoms with van der Waals surface area (Å²) in [6.45, 7) is 1.83. The molecule has 4 rings (SSSR count). The molecule has 1 amide bonds. The van der Waals surface area contributed by atoms with E-state index in [-0.39, 0.29) is 23.0 Å². The number of H-pyrrole nitrogens is 1.